The van der Waals surface area contributed by atoms with E-state index in [9.17, 15) is 9.18 Å². The summed E-state index contributed by atoms with van der Waals surface area (Å²) in [6.45, 7) is 4.33. The molecule has 0 aliphatic rings. The summed E-state index contributed by atoms with van der Waals surface area (Å²) in [6.07, 6.45) is 0.909. The summed E-state index contributed by atoms with van der Waals surface area (Å²) in [6, 6.07) is 15.9. The number of amides is 1. The first kappa shape index (κ1) is 19.1. The molecule has 3 aromatic rings. The molecule has 140 valence electrons. The summed E-state index contributed by atoms with van der Waals surface area (Å²) < 4.78 is 14.6. The molecule has 1 amide bonds. The number of hydrogen-bond donors (Lipinski definition) is 1. The van der Waals surface area contributed by atoms with Crippen LogP contribution in [-0.4, -0.2) is 22.2 Å². The number of aryl methyl sites for hydroxylation is 1. The van der Waals surface area contributed by atoms with Crippen molar-refractivity contribution in [1.82, 2.24) is 15.1 Å². The predicted molar refractivity (Wildman–Crippen MR) is 105 cm³/mol. The SMILES string of the molecule is CC[C@H](CNC(=O)c1c(C)nn(-c2ccc(F)cc2)c1Cl)c1ccccc1. The van der Waals surface area contributed by atoms with Gasteiger partial charge in [0.1, 0.15) is 11.0 Å². The van der Waals surface area contributed by atoms with Crippen molar-refractivity contribution >= 4 is 17.5 Å². The zero-order valence-electron chi connectivity index (χ0n) is 15.2. The average molecular weight is 386 g/mol. The molecule has 1 N–H and O–H groups in total. The molecule has 0 fully saturated rings. The lowest BCUT2D eigenvalue weighted by Crippen LogP contribution is -2.28. The molecular formula is C21H21ClFN3O. The van der Waals surface area contributed by atoms with Gasteiger partial charge in [0, 0.05) is 12.5 Å². The third kappa shape index (κ3) is 4.19. The van der Waals surface area contributed by atoms with Gasteiger partial charge in [-0.3, -0.25) is 4.79 Å². The molecule has 0 saturated heterocycles. The molecule has 1 atom stereocenters. The van der Waals surface area contributed by atoms with Crippen molar-refractivity contribution < 1.29 is 9.18 Å². The van der Waals surface area contributed by atoms with E-state index in [-0.39, 0.29) is 22.8 Å². The Kier molecular flexibility index (Phi) is 5.91. The normalized spacial score (nSPS) is 12.0. The van der Waals surface area contributed by atoms with Gasteiger partial charge in [0.2, 0.25) is 0 Å². The lowest BCUT2D eigenvalue weighted by Gasteiger charge is -2.16. The topological polar surface area (TPSA) is 46.9 Å². The van der Waals surface area contributed by atoms with E-state index >= 15 is 0 Å². The van der Waals surface area contributed by atoms with E-state index in [1.807, 2.05) is 18.2 Å². The highest BCUT2D eigenvalue weighted by Crippen LogP contribution is 2.24. The van der Waals surface area contributed by atoms with Crippen LogP contribution in [-0.2, 0) is 0 Å². The molecule has 1 heterocycles. The van der Waals surface area contributed by atoms with Gasteiger partial charge in [-0.2, -0.15) is 5.10 Å². The van der Waals surface area contributed by atoms with E-state index in [1.54, 1.807) is 19.1 Å². The Labute approximate surface area is 163 Å². The van der Waals surface area contributed by atoms with Crippen molar-refractivity contribution in [1.29, 1.82) is 0 Å². The second-order valence-electron chi connectivity index (χ2n) is 6.37. The van der Waals surface area contributed by atoms with Crippen LogP contribution >= 0.6 is 11.6 Å². The Morgan fingerprint density at radius 3 is 2.48 bits per heavy atom. The van der Waals surface area contributed by atoms with Crippen LogP contribution in [0.5, 0.6) is 0 Å². The highest BCUT2D eigenvalue weighted by Gasteiger charge is 2.22. The van der Waals surface area contributed by atoms with Crippen LogP contribution in [0.15, 0.2) is 54.6 Å². The van der Waals surface area contributed by atoms with E-state index in [1.165, 1.54) is 22.4 Å². The summed E-state index contributed by atoms with van der Waals surface area (Å²) in [7, 11) is 0. The maximum atomic E-state index is 13.1. The third-order valence-electron chi connectivity index (χ3n) is 4.58. The number of nitrogens with one attached hydrogen (secondary N) is 1. The largest absolute Gasteiger partial charge is 0.351 e. The molecule has 0 bridgehead atoms. The fourth-order valence-electron chi connectivity index (χ4n) is 3.04. The predicted octanol–water partition coefficient (Wildman–Crippen LogP) is 4.90. The first-order valence-corrected chi connectivity index (χ1v) is 9.23. The molecule has 0 spiro atoms. The van der Waals surface area contributed by atoms with Gasteiger partial charge < -0.3 is 5.32 Å². The number of carbonyl (C=O) groups is 1. The maximum absolute atomic E-state index is 13.1. The Hall–Kier alpha value is -2.66. The summed E-state index contributed by atoms with van der Waals surface area (Å²) >= 11 is 6.41. The Morgan fingerprint density at radius 1 is 1.19 bits per heavy atom. The fraction of sp³-hybridized carbons (Fsp3) is 0.238. The van der Waals surface area contributed by atoms with E-state index < -0.39 is 0 Å². The molecule has 0 aliphatic carbocycles. The Balaban J connectivity index is 1.78. The summed E-state index contributed by atoms with van der Waals surface area (Å²) in [4.78, 5) is 12.7. The van der Waals surface area contributed by atoms with Crippen molar-refractivity contribution in [3.8, 4) is 5.69 Å². The molecule has 27 heavy (non-hydrogen) atoms. The number of hydrogen-bond acceptors (Lipinski definition) is 2. The van der Waals surface area contributed by atoms with Crippen LogP contribution in [0.3, 0.4) is 0 Å². The van der Waals surface area contributed by atoms with E-state index in [0.717, 1.165) is 6.42 Å². The molecular weight excluding hydrogens is 365 g/mol. The van der Waals surface area contributed by atoms with Gasteiger partial charge in [-0.05, 0) is 43.2 Å². The van der Waals surface area contributed by atoms with Crippen LogP contribution in [0.4, 0.5) is 4.39 Å². The number of nitrogens with zero attached hydrogens (tertiary/aromatic N) is 2. The molecule has 3 rings (SSSR count). The van der Waals surface area contributed by atoms with Gasteiger partial charge in [-0.1, -0.05) is 48.9 Å². The van der Waals surface area contributed by atoms with Crippen LogP contribution in [0.1, 0.15) is 40.9 Å². The Morgan fingerprint density at radius 2 is 1.85 bits per heavy atom. The zero-order valence-corrected chi connectivity index (χ0v) is 16.0. The number of carbonyl (C=O) groups excluding carboxylic acids is 1. The van der Waals surface area contributed by atoms with Crippen LogP contribution < -0.4 is 5.32 Å². The standard InChI is InChI=1S/C21H21ClFN3O/c1-3-15(16-7-5-4-6-8-16)13-24-21(27)19-14(2)25-26(20(19)22)18-11-9-17(23)10-12-18/h4-12,15H,3,13H2,1-2H3,(H,24,27)/t15-/m1/s1. The molecule has 1 aromatic heterocycles. The van der Waals surface area contributed by atoms with Gasteiger partial charge in [-0.15, -0.1) is 0 Å². The van der Waals surface area contributed by atoms with Gasteiger partial charge in [0.15, 0.2) is 0 Å². The van der Waals surface area contributed by atoms with Gasteiger partial charge in [0.25, 0.3) is 5.91 Å². The van der Waals surface area contributed by atoms with Gasteiger partial charge in [0.05, 0.1) is 16.9 Å². The smallest absolute Gasteiger partial charge is 0.256 e. The molecule has 0 aliphatic heterocycles. The minimum absolute atomic E-state index is 0.212. The number of aromatic nitrogens is 2. The van der Waals surface area contributed by atoms with Crippen molar-refractivity contribution in [2.24, 2.45) is 0 Å². The number of halogens is 2. The van der Waals surface area contributed by atoms with E-state index in [4.69, 9.17) is 11.6 Å². The monoisotopic (exact) mass is 385 g/mol. The zero-order chi connectivity index (χ0) is 19.4. The molecule has 0 radical (unpaired) electrons. The Bertz CT molecular complexity index is 923. The number of rotatable bonds is 6. The highest BCUT2D eigenvalue weighted by molar-refractivity contribution is 6.33. The van der Waals surface area contributed by atoms with Crippen molar-refractivity contribution in [2.45, 2.75) is 26.2 Å². The van der Waals surface area contributed by atoms with Crippen molar-refractivity contribution in [2.75, 3.05) is 6.54 Å². The average Bonchev–Trinajstić information content (AvgIpc) is 2.98. The summed E-state index contributed by atoms with van der Waals surface area (Å²) in [5.41, 5.74) is 2.64. The van der Waals surface area contributed by atoms with E-state index in [2.05, 4.69) is 29.5 Å². The molecule has 0 unspecified atom stereocenters. The van der Waals surface area contributed by atoms with Crippen molar-refractivity contribution in [3.63, 3.8) is 0 Å². The minimum Gasteiger partial charge on any atom is -0.351 e. The summed E-state index contributed by atoms with van der Waals surface area (Å²) in [5.74, 6) is -0.384. The first-order chi connectivity index (χ1) is 13.0. The van der Waals surface area contributed by atoms with Gasteiger partial charge >= 0.3 is 0 Å². The third-order valence-corrected chi connectivity index (χ3v) is 4.92. The highest BCUT2D eigenvalue weighted by atomic mass is 35.5. The molecule has 4 nitrogen and oxygen atoms in total. The second kappa shape index (κ2) is 8.35. The lowest BCUT2D eigenvalue weighted by molar-refractivity contribution is 0.0950. The second-order valence-corrected chi connectivity index (χ2v) is 6.72. The fourth-order valence-corrected chi connectivity index (χ4v) is 3.40. The van der Waals surface area contributed by atoms with Crippen LogP contribution in [0.2, 0.25) is 5.15 Å². The molecule has 6 heteroatoms. The summed E-state index contributed by atoms with van der Waals surface area (Å²) in [5, 5.41) is 7.52. The van der Waals surface area contributed by atoms with Crippen LogP contribution in [0, 0.1) is 12.7 Å². The first-order valence-electron chi connectivity index (χ1n) is 8.85. The molecule has 0 saturated carbocycles. The van der Waals surface area contributed by atoms with Crippen molar-refractivity contribution in [3.05, 3.63) is 82.4 Å². The van der Waals surface area contributed by atoms with Gasteiger partial charge in [-0.25, -0.2) is 9.07 Å². The van der Waals surface area contributed by atoms with Crippen LogP contribution in [0.25, 0.3) is 5.69 Å². The van der Waals surface area contributed by atoms with E-state index in [0.29, 0.717) is 23.5 Å². The quantitative estimate of drug-likeness (QED) is 0.656. The lowest BCUT2D eigenvalue weighted by atomic mass is 9.96. The maximum Gasteiger partial charge on any atom is 0.256 e. The minimum atomic E-state index is -0.344. The molecule has 2 aromatic carbocycles. The number of benzene rings is 2.